The van der Waals surface area contributed by atoms with Gasteiger partial charge < -0.3 is 5.73 Å². The first kappa shape index (κ1) is 6.61. The number of hydrogen-bond donors (Lipinski definition) is 1. The Kier molecular flexibility index (Phi) is 1.32. The number of para-hydroxylation sites is 1. The van der Waals surface area contributed by atoms with Crippen LogP contribution in [-0.4, -0.2) is 0 Å². The molecule has 0 bridgehead atoms. The van der Waals surface area contributed by atoms with E-state index in [4.69, 9.17) is 5.73 Å². The van der Waals surface area contributed by atoms with Crippen LogP contribution >= 0.6 is 11.5 Å². The molecular weight excluding hydrogens is 156 g/mol. The second-order valence-corrected chi connectivity index (χ2v) is 3.64. The SMILES string of the molecule is C[n+]1sc(N)c2ccccc21. The number of benzene rings is 1. The highest BCUT2D eigenvalue weighted by molar-refractivity contribution is 7.07. The van der Waals surface area contributed by atoms with Gasteiger partial charge >= 0.3 is 0 Å². The highest BCUT2D eigenvalue weighted by atomic mass is 32.1. The van der Waals surface area contributed by atoms with Crippen LogP contribution in [0.25, 0.3) is 10.9 Å². The number of fused-ring (bicyclic) bond motifs is 1. The Balaban J connectivity index is 2.95. The van der Waals surface area contributed by atoms with Gasteiger partial charge in [0.05, 0.1) is 5.39 Å². The zero-order chi connectivity index (χ0) is 7.84. The molecule has 2 N–H and O–H groups in total. The maximum atomic E-state index is 5.77. The number of nitrogens with zero attached hydrogens (tertiary/aromatic N) is 1. The van der Waals surface area contributed by atoms with Crippen molar-refractivity contribution in [2.75, 3.05) is 5.73 Å². The third kappa shape index (κ3) is 0.886. The van der Waals surface area contributed by atoms with Gasteiger partial charge in [0, 0.05) is 6.07 Å². The topological polar surface area (TPSA) is 29.9 Å². The molecule has 1 aromatic heterocycles. The number of nitrogen functional groups attached to an aromatic ring is 1. The van der Waals surface area contributed by atoms with E-state index in [1.54, 1.807) is 11.5 Å². The molecule has 0 saturated heterocycles. The van der Waals surface area contributed by atoms with Crippen molar-refractivity contribution in [1.29, 1.82) is 0 Å². The Morgan fingerprint density at radius 2 is 2.09 bits per heavy atom. The summed E-state index contributed by atoms with van der Waals surface area (Å²) >= 11 is 1.58. The summed E-state index contributed by atoms with van der Waals surface area (Å²) in [4.78, 5) is 0. The maximum absolute atomic E-state index is 5.77. The quantitative estimate of drug-likeness (QED) is 0.586. The standard InChI is InChI=1S/C8H8N2S/c1-10-7-5-3-2-4-6(7)8(9)11-10/h2-5,9H,1H3/p+1. The lowest BCUT2D eigenvalue weighted by atomic mass is 10.2. The first-order valence-corrected chi connectivity index (χ1v) is 4.20. The van der Waals surface area contributed by atoms with Gasteiger partial charge in [-0.2, -0.15) is 0 Å². The van der Waals surface area contributed by atoms with Gasteiger partial charge in [0.15, 0.2) is 23.6 Å². The molecule has 2 rings (SSSR count). The van der Waals surface area contributed by atoms with Crippen LogP contribution in [0.15, 0.2) is 24.3 Å². The molecule has 0 spiro atoms. The van der Waals surface area contributed by atoms with Gasteiger partial charge in [-0.25, -0.2) is 0 Å². The Bertz CT molecular complexity index is 356. The van der Waals surface area contributed by atoms with E-state index < -0.39 is 0 Å². The van der Waals surface area contributed by atoms with Gasteiger partial charge in [-0.3, -0.25) is 0 Å². The lowest BCUT2D eigenvalue weighted by Gasteiger charge is -1.81. The Morgan fingerprint density at radius 3 is 2.82 bits per heavy atom. The fraction of sp³-hybridized carbons (Fsp3) is 0.125. The molecule has 1 heterocycles. The highest BCUT2D eigenvalue weighted by Gasteiger charge is 2.11. The van der Waals surface area contributed by atoms with Crippen molar-refractivity contribution in [2.24, 2.45) is 7.05 Å². The van der Waals surface area contributed by atoms with E-state index in [0.717, 1.165) is 10.4 Å². The van der Waals surface area contributed by atoms with E-state index in [1.165, 1.54) is 5.52 Å². The zero-order valence-corrected chi connectivity index (χ0v) is 7.06. The molecule has 1 aromatic carbocycles. The van der Waals surface area contributed by atoms with Crippen LogP contribution in [0.5, 0.6) is 0 Å². The normalized spacial score (nSPS) is 10.6. The van der Waals surface area contributed by atoms with Crippen LogP contribution in [0.1, 0.15) is 0 Å². The molecule has 0 aliphatic heterocycles. The van der Waals surface area contributed by atoms with E-state index in [-0.39, 0.29) is 0 Å². The van der Waals surface area contributed by atoms with Crippen molar-refractivity contribution in [2.45, 2.75) is 0 Å². The zero-order valence-electron chi connectivity index (χ0n) is 6.24. The van der Waals surface area contributed by atoms with Gasteiger partial charge in [-0.15, -0.1) is 3.96 Å². The maximum Gasteiger partial charge on any atom is 0.229 e. The predicted octanol–water partition coefficient (Wildman–Crippen LogP) is 1.31. The summed E-state index contributed by atoms with van der Waals surface area (Å²) in [5, 5.41) is 2.04. The van der Waals surface area contributed by atoms with E-state index in [0.29, 0.717) is 0 Å². The first-order chi connectivity index (χ1) is 5.29. The van der Waals surface area contributed by atoms with Gasteiger partial charge in [0.2, 0.25) is 5.52 Å². The summed E-state index contributed by atoms with van der Waals surface area (Å²) < 4.78 is 2.07. The highest BCUT2D eigenvalue weighted by Crippen LogP contribution is 2.21. The molecule has 0 radical (unpaired) electrons. The Labute approximate surface area is 69.0 Å². The smallest absolute Gasteiger partial charge is 0.229 e. The van der Waals surface area contributed by atoms with Crippen LogP contribution in [-0.2, 0) is 7.05 Å². The summed E-state index contributed by atoms with van der Waals surface area (Å²) in [5.74, 6) is 0. The number of nitrogens with two attached hydrogens (primary N) is 1. The van der Waals surface area contributed by atoms with Gasteiger partial charge in [0.25, 0.3) is 0 Å². The van der Waals surface area contributed by atoms with Crippen molar-refractivity contribution in [3.8, 4) is 0 Å². The fourth-order valence-electron chi connectivity index (χ4n) is 1.20. The minimum atomic E-state index is 0.892. The minimum absolute atomic E-state index is 0.892. The van der Waals surface area contributed by atoms with Crippen LogP contribution in [0.2, 0.25) is 0 Å². The van der Waals surface area contributed by atoms with E-state index in [2.05, 4.69) is 10.0 Å². The summed E-state index contributed by atoms with van der Waals surface area (Å²) in [5.41, 5.74) is 6.98. The van der Waals surface area contributed by atoms with E-state index in [9.17, 15) is 0 Å². The molecular formula is C8H9N2S+. The van der Waals surface area contributed by atoms with Gasteiger partial charge in [0.1, 0.15) is 0 Å². The van der Waals surface area contributed by atoms with Crippen LogP contribution in [0.3, 0.4) is 0 Å². The van der Waals surface area contributed by atoms with Gasteiger partial charge in [-0.1, -0.05) is 12.1 Å². The van der Waals surface area contributed by atoms with Crippen molar-refractivity contribution in [1.82, 2.24) is 0 Å². The van der Waals surface area contributed by atoms with E-state index >= 15 is 0 Å². The van der Waals surface area contributed by atoms with Crippen molar-refractivity contribution >= 4 is 27.4 Å². The Morgan fingerprint density at radius 1 is 1.36 bits per heavy atom. The number of aryl methyl sites for hydroxylation is 1. The van der Waals surface area contributed by atoms with Crippen LogP contribution in [0, 0.1) is 0 Å². The van der Waals surface area contributed by atoms with Crippen molar-refractivity contribution < 1.29 is 3.96 Å². The first-order valence-electron chi connectivity index (χ1n) is 3.42. The lowest BCUT2D eigenvalue weighted by molar-refractivity contribution is -0.573. The molecule has 11 heavy (non-hydrogen) atoms. The molecule has 0 saturated carbocycles. The summed E-state index contributed by atoms with van der Waals surface area (Å²) in [6.07, 6.45) is 0. The Hall–Kier alpha value is -1.09. The molecule has 0 aliphatic carbocycles. The molecule has 0 amide bonds. The largest absolute Gasteiger partial charge is 0.385 e. The molecule has 0 aliphatic rings. The molecule has 3 heteroatoms. The van der Waals surface area contributed by atoms with E-state index in [1.807, 2.05) is 25.2 Å². The van der Waals surface area contributed by atoms with Crippen LogP contribution < -0.4 is 9.69 Å². The molecule has 0 atom stereocenters. The molecule has 2 aromatic rings. The number of hydrogen-bond acceptors (Lipinski definition) is 2. The van der Waals surface area contributed by atoms with Crippen molar-refractivity contribution in [3.05, 3.63) is 24.3 Å². The fourth-order valence-corrected chi connectivity index (χ4v) is 2.03. The monoisotopic (exact) mass is 165 g/mol. The molecule has 0 fully saturated rings. The number of aromatic nitrogens is 1. The third-order valence-corrected chi connectivity index (χ3v) is 2.63. The lowest BCUT2D eigenvalue weighted by Crippen LogP contribution is -2.21. The van der Waals surface area contributed by atoms with Gasteiger partial charge in [-0.05, 0) is 6.07 Å². The van der Waals surface area contributed by atoms with Crippen LogP contribution in [0.4, 0.5) is 5.00 Å². The number of rotatable bonds is 0. The summed E-state index contributed by atoms with van der Waals surface area (Å²) in [6.45, 7) is 0. The average Bonchev–Trinajstić information content (AvgIpc) is 2.30. The molecule has 56 valence electrons. The van der Waals surface area contributed by atoms with Crippen molar-refractivity contribution in [3.63, 3.8) is 0 Å². The summed E-state index contributed by atoms with van der Waals surface area (Å²) in [7, 11) is 2.02. The minimum Gasteiger partial charge on any atom is -0.385 e. The second kappa shape index (κ2) is 2.20. The predicted molar refractivity (Wildman–Crippen MR) is 47.4 cm³/mol. The second-order valence-electron chi connectivity index (χ2n) is 2.47. The average molecular weight is 165 g/mol. The molecule has 0 unspecified atom stereocenters. The summed E-state index contributed by atoms with van der Waals surface area (Å²) in [6, 6.07) is 8.14. The third-order valence-electron chi connectivity index (χ3n) is 1.74. The molecule has 2 nitrogen and oxygen atoms in total. The number of anilines is 1.